The lowest BCUT2D eigenvalue weighted by molar-refractivity contribution is -0.259. The minimum atomic E-state index is -0.0900. The van der Waals surface area contributed by atoms with Crippen molar-refractivity contribution >= 4 is 0 Å². The number of terminal acetylenes is 1. The molecular formula is C36H41NO4. The fourth-order valence-electron chi connectivity index (χ4n) is 8.11. The van der Waals surface area contributed by atoms with Crippen LogP contribution in [0.25, 0.3) is 0 Å². The van der Waals surface area contributed by atoms with Crippen molar-refractivity contribution in [2.45, 2.75) is 69.5 Å². The number of nitrogens with zero attached hydrogens (tertiary/aromatic N) is 1. The first kappa shape index (κ1) is 27.8. The largest absolute Gasteiger partial charge is 0.485 e. The van der Waals surface area contributed by atoms with Gasteiger partial charge in [-0.1, -0.05) is 66.7 Å². The van der Waals surface area contributed by atoms with Crippen molar-refractivity contribution in [2.24, 2.45) is 11.8 Å². The lowest BCUT2D eigenvalue weighted by Gasteiger charge is -2.59. The van der Waals surface area contributed by atoms with E-state index < -0.39 is 0 Å². The van der Waals surface area contributed by atoms with E-state index in [-0.39, 0.29) is 29.6 Å². The zero-order chi connectivity index (χ0) is 28.6. The lowest BCUT2D eigenvalue weighted by Crippen LogP contribution is -2.68. The molecule has 41 heavy (non-hydrogen) atoms. The molecule has 3 aromatic rings. The fraction of sp³-hybridized carbons (Fsp3) is 0.444. The molecule has 5 unspecified atom stereocenters. The molecule has 4 aliphatic rings. The Morgan fingerprint density at radius 1 is 0.951 bits per heavy atom. The third-order valence-electron chi connectivity index (χ3n) is 10.1. The Morgan fingerprint density at radius 3 is 2.39 bits per heavy atom. The molecule has 1 spiro atoms. The molecule has 2 saturated heterocycles. The molecule has 5 heteroatoms. The van der Waals surface area contributed by atoms with E-state index in [1.807, 2.05) is 6.07 Å². The Kier molecular flexibility index (Phi) is 7.83. The van der Waals surface area contributed by atoms with E-state index in [9.17, 15) is 0 Å². The summed E-state index contributed by atoms with van der Waals surface area (Å²) in [6, 6.07) is 25.9. The van der Waals surface area contributed by atoms with Gasteiger partial charge < -0.3 is 23.8 Å². The number of likely N-dealkylation sites (tertiary alicyclic amines) is 1. The Hall–Kier alpha value is -3.30. The zero-order valence-corrected chi connectivity index (χ0v) is 24.4. The third-order valence-corrected chi connectivity index (χ3v) is 10.1. The van der Waals surface area contributed by atoms with Crippen molar-refractivity contribution < 1.29 is 18.9 Å². The number of fused-ring (bicyclic) bond motifs is 3. The summed E-state index contributed by atoms with van der Waals surface area (Å²) in [5.74, 6) is 2.50. The molecule has 5 nitrogen and oxygen atoms in total. The van der Waals surface area contributed by atoms with Crippen molar-refractivity contribution in [3.05, 3.63) is 95.1 Å². The van der Waals surface area contributed by atoms with Gasteiger partial charge in [-0.2, -0.15) is 0 Å². The molecule has 7 atom stereocenters. The predicted molar refractivity (Wildman–Crippen MR) is 161 cm³/mol. The summed E-state index contributed by atoms with van der Waals surface area (Å²) in [6.45, 7) is 6.54. The maximum absolute atomic E-state index is 7.10. The van der Waals surface area contributed by atoms with Crippen LogP contribution in [0.5, 0.6) is 11.5 Å². The molecule has 0 amide bonds. The summed E-state index contributed by atoms with van der Waals surface area (Å²) in [4.78, 5) is 2.53. The summed E-state index contributed by atoms with van der Waals surface area (Å²) >= 11 is 0. The van der Waals surface area contributed by atoms with Gasteiger partial charge in [0.2, 0.25) is 0 Å². The van der Waals surface area contributed by atoms with Gasteiger partial charge in [-0.3, -0.25) is 0 Å². The number of hydrogen-bond acceptors (Lipinski definition) is 5. The number of rotatable bonds is 5. The van der Waals surface area contributed by atoms with Crippen molar-refractivity contribution in [1.29, 1.82) is 0 Å². The highest BCUT2D eigenvalue weighted by molar-refractivity contribution is 5.59. The second-order valence-electron chi connectivity index (χ2n) is 12.1. The van der Waals surface area contributed by atoms with Crippen LogP contribution in [0.2, 0.25) is 0 Å². The molecule has 3 aliphatic heterocycles. The van der Waals surface area contributed by atoms with Gasteiger partial charge >= 0.3 is 0 Å². The monoisotopic (exact) mass is 551 g/mol. The highest BCUT2D eigenvalue weighted by Crippen LogP contribution is 2.63. The van der Waals surface area contributed by atoms with E-state index in [4.69, 9.17) is 18.9 Å². The van der Waals surface area contributed by atoms with Crippen LogP contribution in [0, 0.1) is 31.6 Å². The van der Waals surface area contributed by atoms with E-state index in [1.165, 1.54) is 16.7 Å². The highest BCUT2D eigenvalue weighted by atomic mass is 16.7. The Bertz CT molecular complexity index is 1360. The van der Waals surface area contributed by atoms with Crippen LogP contribution in [0.4, 0.5) is 0 Å². The average molecular weight is 552 g/mol. The first-order chi connectivity index (χ1) is 20.1. The van der Waals surface area contributed by atoms with Crippen LogP contribution >= 0.6 is 0 Å². The van der Waals surface area contributed by atoms with E-state index in [1.54, 1.807) is 0 Å². The van der Waals surface area contributed by atoms with Gasteiger partial charge in [-0.15, -0.1) is 12.8 Å². The van der Waals surface area contributed by atoms with Gasteiger partial charge in [0.15, 0.2) is 11.5 Å². The van der Waals surface area contributed by atoms with Gasteiger partial charge in [-0.05, 0) is 75.4 Å². The SMILES string of the molecule is C#C.Cc1ccc(OCc2ccccc2)c2c1C13CCN(C)C(C)C1C[C@@H]1C(Cc4ccccc4)OCOC1[C@@H]3O2. The average Bonchev–Trinajstić information content (AvgIpc) is 3.37. The smallest absolute Gasteiger partial charge is 0.165 e. The first-order valence-corrected chi connectivity index (χ1v) is 14.8. The second kappa shape index (κ2) is 11.5. The molecule has 3 heterocycles. The van der Waals surface area contributed by atoms with E-state index in [0.717, 1.165) is 42.9 Å². The Balaban J connectivity index is 0.00000148. The van der Waals surface area contributed by atoms with Crippen molar-refractivity contribution in [3.63, 3.8) is 0 Å². The van der Waals surface area contributed by atoms with E-state index in [2.05, 4.69) is 105 Å². The minimum absolute atomic E-state index is 0.00640. The predicted octanol–water partition coefficient (Wildman–Crippen LogP) is 6.17. The lowest BCUT2D eigenvalue weighted by atomic mass is 9.52. The highest BCUT2D eigenvalue weighted by Gasteiger charge is 2.66. The summed E-state index contributed by atoms with van der Waals surface area (Å²) < 4.78 is 26.4. The number of aryl methyl sites for hydroxylation is 1. The molecule has 0 N–H and O–H groups in total. The van der Waals surface area contributed by atoms with Crippen LogP contribution < -0.4 is 9.47 Å². The van der Waals surface area contributed by atoms with Crippen molar-refractivity contribution in [3.8, 4) is 24.3 Å². The molecule has 3 aromatic carbocycles. The number of hydrogen-bond donors (Lipinski definition) is 0. The molecular weight excluding hydrogens is 510 g/mol. The summed E-state index contributed by atoms with van der Waals surface area (Å²) in [7, 11) is 2.27. The molecule has 1 saturated carbocycles. The Labute approximate surface area is 244 Å². The van der Waals surface area contributed by atoms with Gasteiger partial charge in [0.05, 0.1) is 6.10 Å². The molecule has 0 radical (unpaired) electrons. The van der Waals surface area contributed by atoms with Gasteiger partial charge in [0.1, 0.15) is 25.6 Å². The van der Waals surface area contributed by atoms with Crippen LogP contribution in [-0.4, -0.2) is 49.6 Å². The van der Waals surface area contributed by atoms with Gasteiger partial charge in [0.25, 0.3) is 0 Å². The normalized spacial score (nSPS) is 31.7. The third kappa shape index (κ3) is 4.73. The van der Waals surface area contributed by atoms with Crippen molar-refractivity contribution in [2.75, 3.05) is 20.4 Å². The van der Waals surface area contributed by atoms with Gasteiger partial charge in [-0.25, -0.2) is 0 Å². The van der Waals surface area contributed by atoms with Crippen LogP contribution in [-0.2, 0) is 27.9 Å². The summed E-state index contributed by atoms with van der Waals surface area (Å²) in [5.41, 5.74) is 5.04. The quantitative estimate of drug-likeness (QED) is 0.355. The maximum atomic E-state index is 7.10. The molecule has 214 valence electrons. The first-order valence-electron chi connectivity index (χ1n) is 14.8. The molecule has 0 aromatic heterocycles. The standard InChI is InChI=1S/C34H39NO4.C2H2/c1-22-14-15-28(36-20-25-12-8-5-9-13-25)32-30(22)34-16-17-35(3)23(2)27(34)19-26-29(18-24-10-6-4-7-11-24)37-21-38-31(26)33(34)39-32;1-2/h4-15,23,26-27,29,31,33H,16-21H2,1-3H3;1-2H/t23?,26-,27?,29?,31?,33+,34?;/m1./s1. The Morgan fingerprint density at radius 2 is 1.66 bits per heavy atom. The topological polar surface area (TPSA) is 40.2 Å². The van der Waals surface area contributed by atoms with E-state index >= 15 is 0 Å². The van der Waals surface area contributed by atoms with Crippen LogP contribution in [0.15, 0.2) is 72.8 Å². The summed E-state index contributed by atoms with van der Waals surface area (Å²) in [6.07, 6.45) is 11.1. The zero-order valence-electron chi connectivity index (χ0n) is 24.4. The van der Waals surface area contributed by atoms with Gasteiger partial charge in [0, 0.05) is 22.9 Å². The second-order valence-corrected chi connectivity index (χ2v) is 12.1. The minimum Gasteiger partial charge on any atom is -0.485 e. The van der Waals surface area contributed by atoms with Crippen LogP contribution in [0.1, 0.15) is 42.0 Å². The van der Waals surface area contributed by atoms with Crippen LogP contribution in [0.3, 0.4) is 0 Å². The van der Waals surface area contributed by atoms with Crippen molar-refractivity contribution in [1.82, 2.24) is 4.90 Å². The van der Waals surface area contributed by atoms with E-state index in [0.29, 0.717) is 25.4 Å². The number of piperidine rings is 1. The number of benzene rings is 3. The summed E-state index contributed by atoms with van der Waals surface area (Å²) in [5, 5.41) is 0. The molecule has 3 fully saturated rings. The fourth-order valence-corrected chi connectivity index (χ4v) is 8.11. The molecule has 1 aliphatic carbocycles. The molecule has 0 bridgehead atoms. The maximum Gasteiger partial charge on any atom is 0.165 e. The number of ether oxygens (including phenoxy) is 4. The molecule has 7 rings (SSSR count).